The van der Waals surface area contributed by atoms with Crippen molar-refractivity contribution in [2.45, 2.75) is 6.42 Å². The molecule has 0 radical (unpaired) electrons. The lowest BCUT2D eigenvalue weighted by Gasteiger charge is -1.93. The molecule has 0 aromatic carbocycles. The SMILES string of the molecule is [N-]=[N+]=CC(=O)OCCCCl. The Balaban J connectivity index is 3.31. The van der Waals surface area contributed by atoms with Crippen LogP contribution in [0.4, 0.5) is 0 Å². The highest BCUT2D eigenvalue weighted by atomic mass is 35.5. The first kappa shape index (κ1) is 9.14. The van der Waals surface area contributed by atoms with Crippen molar-refractivity contribution in [3.63, 3.8) is 0 Å². The predicted octanol–water partition coefficient (Wildman–Crippen LogP) is 0.459. The molecule has 0 aromatic heterocycles. The Hall–Kier alpha value is -0.860. The van der Waals surface area contributed by atoms with E-state index in [2.05, 4.69) is 9.53 Å². The molecule has 0 spiro atoms. The lowest BCUT2D eigenvalue weighted by atomic mass is 10.5. The Bertz CT molecular complexity index is 154. The monoisotopic (exact) mass is 162 g/mol. The van der Waals surface area contributed by atoms with Crippen molar-refractivity contribution in [2.24, 2.45) is 0 Å². The molecule has 10 heavy (non-hydrogen) atoms. The van der Waals surface area contributed by atoms with Crippen molar-refractivity contribution >= 4 is 23.8 Å². The second-order valence-electron chi connectivity index (χ2n) is 1.45. The maximum Gasteiger partial charge on any atom is 0.413 e. The summed E-state index contributed by atoms with van der Waals surface area (Å²) < 4.78 is 4.49. The highest BCUT2D eigenvalue weighted by molar-refractivity contribution is 6.20. The van der Waals surface area contributed by atoms with Gasteiger partial charge in [0, 0.05) is 5.88 Å². The van der Waals surface area contributed by atoms with E-state index in [1.807, 2.05) is 0 Å². The van der Waals surface area contributed by atoms with E-state index in [-0.39, 0.29) is 6.61 Å². The maximum atomic E-state index is 10.3. The first-order valence-electron chi connectivity index (χ1n) is 2.71. The van der Waals surface area contributed by atoms with E-state index in [1.54, 1.807) is 0 Å². The van der Waals surface area contributed by atoms with E-state index in [9.17, 15) is 4.79 Å². The highest BCUT2D eigenvalue weighted by Crippen LogP contribution is 1.85. The molecule has 0 aliphatic carbocycles. The van der Waals surface area contributed by atoms with E-state index < -0.39 is 5.97 Å². The summed E-state index contributed by atoms with van der Waals surface area (Å²) in [6.45, 7) is 0.258. The van der Waals surface area contributed by atoms with Gasteiger partial charge in [-0.05, 0) is 6.42 Å². The second kappa shape index (κ2) is 6.26. The molecule has 0 saturated heterocycles. The highest BCUT2D eigenvalue weighted by Gasteiger charge is 2.00. The number of alkyl halides is 1. The van der Waals surface area contributed by atoms with Crippen molar-refractivity contribution in [1.29, 1.82) is 0 Å². The van der Waals surface area contributed by atoms with E-state index in [4.69, 9.17) is 17.1 Å². The summed E-state index contributed by atoms with van der Waals surface area (Å²) in [5, 5.41) is 0. The zero-order chi connectivity index (χ0) is 7.82. The van der Waals surface area contributed by atoms with Crippen molar-refractivity contribution in [3.8, 4) is 0 Å². The standard InChI is InChI=1S/C5H7ClN2O2/c6-2-1-3-10-5(9)4-8-7/h4H,1-3H2. The Morgan fingerprint density at radius 2 is 2.50 bits per heavy atom. The fraction of sp³-hybridized carbons (Fsp3) is 0.600. The van der Waals surface area contributed by atoms with Gasteiger partial charge in [-0.3, -0.25) is 0 Å². The van der Waals surface area contributed by atoms with Crippen molar-refractivity contribution in [3.05, 3.63) is 5.53 Å². The van der Waals surface area contributed by atoms with Crippen LogP contribution in [-0.4, -0.2) is 29.5 Å². The van der Waals surface area contributed by atoms with Gasteiger partial charge in [-0.1, -0.05) is 0 Å². The third-order valence-electron chi connectivity index (χ3n) is 0.685. The number of ether oxygens (including phenoxy) is 1. The van der Waals surface area contributed by atoms with Crippen LogP contribution in [0.5, 0.6) is 0 Å². The van der Waals surface area contributed by atoms with Gasteiger partial charge in [0.15, 0.2) is 0 Å². The molecule has 0 saturated carbocycles. The lowest BCUT2D eigenvalue weighted by molar-refractivity contribution is -0.138. The second-order valence-corrected chi connectivity index (χ2v) is 1.83. The Morgan fingerprint density at radius 3 is 3.00 bits per heavy atom. The minimum atomic E-state index is -0.660. The van der Waals surface area contributed by atoms with Gasteiger partial charge < -0.3 is 10.3 Å². The van der Waals surface area contributed by atoms with Crippen molar-refractivity contribution in [1.82, 2.24) is 0 Å². The molecule has 5 heteroatoms. The molecule has 0 N–H and O–H groups in total. The smallest absolute Gasteiger partial charge is 0.413 e. The zero-order valence-electron chi connectivity index (χ0n) is 5.29. The molecule has 0 bridgehead atoms. The van der Waals surface area contributed by atoms with Crippen LogP contribution in [0, 0.1) is 0 Å². The van der Waals surface area contributed by atoms with Crippen LogP contribution in [0.2, 0.25) is 0 Å². The molecule has 4 nitrogen and oxygen atoms in total. The molecular formula is C5H7ClN2O2. The van der Waals surface area contributed by atoms with E-state index in [1.165, 1.54) is 0 Å². The average Bonchev–Trinajstić information content (AvgIpc) is 1.89. The Morgan fingerprint density at radius 1 is 1.80 bits per heavy atom. The number of carbonyl (C=O) groups excluding carboxylic acids is 1. The van der Waals surface area contributed by atoms with Crippen LogP contribution in [0.1, 0.15) is 6.42 Å². The normalized spacial score (nSPS) is 8.10. The van der Waals surface area contributed by atoms with E-state index in [0.29, 0.717) is 18.5 Å². The minimum Gasteiger partial charge on any atom is -0.457 e. The van der Waals surface area contributed by atoms with E-state index in [0.717, 1.165) is 0 Å². The van der Waals surface area contributed by atoms with Crippen LogP contribution < -0.4 is 0 Å². The van der Waals surface area contributed by atoms with Crippen LogP contribution >= 0.6 is 11.6 Å². The first-order chi connectivity index (χ1) is 4.81. The molecule has 0 atom stereocenters. The fourth-order valence-electron chi connectivity index (χ4n) is 0.312. The van der Waals surface area contributed by atoms with Gasteiger partial charge in [0.2, 0.25) is 0 Å². The number of rotatable bonds is 4. The van der Waals surface area contributed by atoms with Crippen molar-refractivity contribution < 1.29 is 14.3 Å². The Labute approximate surface area is 63.4 Å². The average molecular weight is 163 g/mol. The summed E-state index contributed by atoms with van der Waals surface area (Å²) >= 11 is 5.29. The van der Waals surface area contributed by atoms with Crippen molar-refractivity contribution in [2.75, 3.05) is 12.5 Å². The molecule has 0 aliphatic rings. The number of nitrogens with zero attached hydrogens (tertiary/aromatic N) is 2. The molecule has 0 aliphatic heterocycles. The summed E-state index contributed by atoms with van der Waals surface area (Å²) in [4.78, 5) is 12.8. The van der Waals surface area contributed by atoms with Gasteiger partial charge in [0.05, 0.1) is 6.61 Å². The third-order valence-corrected chi connectivity index (χ3v) is 0.953. The maximum absolute atomic E-state index is 10.3. The summed E-state index contributed by atoms with van der Waals surface area (Å²) in [5.41, 5.74) is 7.84. The molecule has 0 amide bonds. The summed E-state index contributed by atoms with van der Waals surface area (Å²) in [6, 6.07) is 0. The number of carbonyl (C=O) groups is 1. The summed E-state index contributed by atoms with van der Waals surface area (Å²) in [7, 11) is 0. The van der Waals surface area contributed by atoms with Gasteiger partial charge >= 0.3 is 12.2 Å². The molecule has 0 unspecified atom stereocenters. The summed E-state index contributed by atoms with van der Waals surface area (Å²) in [6.07, 6.45) is 1.29. The van der Waals surface area contributed by atoms with E-state index >= 15 is 0 Å². The molecule has 56 valence electrons. The predicted molar refractivity (Wildman–Crippen MR) is 36.0 cm³/mol. The van der Waals surface area contributed by atoms with Gasteiger partial charge in [0.1, 0.15) is 0 Å². The van der Waals surface area contributed by atoms with Crippen LogP contribution in [0.15, 0.2) is 0 Å². The Kier molecular flexibility index (Phi) is 5.72. The summed E-state index contributed by atoms with van der Waals surface area (Å²) in [5.74, 6) is -0.212. The zero-order valence-corrected chi connectivity index (χ0v) is 6.04. The quantitative estimate of drug-likeness (QED) is 0.151. The van der Waals surface area contributed by atoms with Crippen LogP contribution in [0.25, 0.3) is 5.53 Å². The number of esters is 1. The van der Waals surface area contributed by atoms with Gasteiger partial charge in [-0.2, -0.15) is 4.79 Å². The number of hydrogen-bond donors (Lipinski definition) is 0. The fourth-order valence-corrected chi connectivity index (χ4v) is 0.421. The van der Waals surface area contributed by atoms with Gasteiger partial charge in [-0.25, -0.2) is 4.79 Å². The number of halogens is 1. The third kappa shape index (κ3) is 5.28. The molecule has 0 rings (SSSR count). The molecule has 0 heterocycles. The molecule has 0 fully saturated rings. The minimum absolute atomic E-state index is 0.258. The van der Waals surface area contributed by atoms with Gasteiger partial charge in [-0.15, -0.1) is 11.6 Å². The molecule has 0 aromatic rings. The topological polar surface area (TPSA) is 62.7 Å². The number of hydrogen-bond acceptors (Lipinski definition) is 2. The largest absolute Gasteiger partial charge is 0.457 e. The molecular weight excluding hydrogens is 156 g/mol. The van der Waals surface area contributed by atoms with Crippen LogP contribution in [0.3, 0.4) is 0 Å². The first-order valence-corrected chi connectivity index (χ1v) is 3.25. The van der Waals surface area contributed by atoms with Crippen LogP contribution in [-0.2, 0) is 9.53 Å². The lowest BCUT2D eigenvalue weighted by Crippen LogP contribution is -2.07. The van der Waals surface area contributed by atoms with Gasteiger partial charge in [0.25, 0.3) is 0 Å².